The Hall–Kier alpha value is -1.23. The molecular formula is C18H22ClNO2S. The number of methoxy groups -OCH3 is 1. The molecule has 0 unspecified atom stereocenters. The van der Waals surface area contributed by atoms with Crippen molar-refractivity contribution in [1.82, 2.24) is 4.57 Å². The second kappa shape index (κ2) is 8.57. The quantitative estimate of drug-likeness (QED) is 0.390. The fourth-order valence-electron chi connectivity index (χ4n) is 2.58. The Kier molecular flexibility index (Phi) is 6.75. The molecule has 0 aliphatic carbocycles. The molecule has 0 spiro atoms. The van der Waals surface area contributed by atoms with E-state index in [0.29, 0.717) is 10.8 Å². The van der Waals surface area contributed by atoms with E-state index in [4.69, 9.17) is 16.3 Å². The Morgan fingerprint density at radius 1 is 1.30 bits per heavy atom. The van der Waals surface area contributed by atoms with Gasteiger partial charge in [-0.1, -0.05) is 23.7 Å². The first kappa shape index (κ1) is 18.1. The number of aromatic nitrogens is 1. The predicted octanol–water partition coefficient (Wildman–Crippen LogP) is 4.77. The first-order valence-corrected chi connectivity index (χ1v) is 8.97. The number of thioether (sulfide) groups is 1. The molecule has 0 saturated carbocycles. The van der Waals surface area contributed by atoms with Gasteiger partial charge in [0.25, 0.3) is 0 Å². The van der Waals surface area contributed by atoms with Gasteiger partial charge in [-0.3, -0.25) is 4.79 Å². The molecule has 124 valence electrons. The Bertz CT molecular complexity index is 682. The fraction of sp³-hybridized carbons (Fsp3) is 0.389. The van der Waals surface area contributed by atoms with E-state index in [1.807, 2.05) is 44.2 Å². The van der Waals surface area contributed by atoms with Crippen LogP contribution in [0.15, 0.2) is 35.2 Å². The zero-order chi connectivity index (χ0) is 16.8. The van der Waals surface area contributed by atoms with Gasteiger partial charge < -0.3 is 9.30 Å². The largest absolute Gasteiger partial charge is 0.385 e. The molecule has 0 bridgehead atoms. The third-order valence-electron chi connectivity index (χ3n) is 3.80. The number of nitrogens with zero attached hydrogens (tertiary/aromatic N) is 1. The minimum absolute atomic E-state index is 0.140. The molecule has 1 aromatic carbocycles. The van der Waals surface area contributed by atoms with Crippen LogP contribution in [-0.2, 0) is 11.3 Å². The molecule has 0 aliphatic heterocycles. The molecular weight excluding hydrogens is 330 g/mol. The van der Waals surface area contributed by atoms with E-state index in [1.54, 1.807) is 7.11 Å². The third-order valence-corrected chi connectivity index (χ3v) is 5.31. The highest BCUT2D eigenvalue weighted by Gasteiger charge is 2.16. The standard InChI is InChI=1S/C18H22ClNO2S/c1-13-11-15(14(2)20(13)9-6-10-22-3)17(21)12-23-18-8-5-4-7-16(18)19/h4-5,7-8,11H,6,9-10,12H2,1-3H3. The first-order chi connectivity index (χ1) is 11.0. The summed E-state index contributed by atoms with van der Waals surface area (Å²) < 4.78 is 7.29. The molecule has 0 N–H and O–H groups in total. The molecule has 1 heterocycles. The molecule has 0 fully saturated rings. The molecule has 0 saturated heterocycles. The van der Waals surface area contributed by atoms with Gasteiger partial charge in [0, 0.05) is 42.1 Å². The summed E-state index contributed by atoms with van der Waals surface area (Å²) >= 11 is 7.62. The topological polar surface area (TPSA) is 31.2 Å². The lowest BCUT2D eigenvalue weighted by atomic mass is 10.2. The van der Waals surface area contributed by atoms with Crippen LogP contribution in [0.2, 0.25) is 5.02 Å². The van der Waals surface area contributed by atoms with Gasteiger partial charge in [-0.15, -0.1) is 11.8 Å². The van der Waals surface area contributed by atoms with E-state index in [9.17, 15) is 4.79 Å². The van der Waals surface area contributed by atoms with Crippen molar-refractivity contribution < 1.29 is 9.53 Å². The second-order valence-corrected chi connectivity index (χ2v) is 6.85. The molecule has 23 heavy (non-hydrogen) atoms. The number of benzene rings is 1. The van der Waals surface area contributed by atoms with E-state index in [1.165, 1.54) is 11.8 Å². The van der Waals surface area contributed by atoms with Crippen molar-refractivity contribution in [2.45, 2.75) is 31.7 Å². The van der Waals surface area contributed by atoms with Crippen molar-refractivity contribution in [2.24, 2.45) is 0 Å². The number of ether oxygens (including phenoxy) is 1. The minimum Gasteiger partial charge on any atom is -0.385 e. The third kappa shape index (κ3) is 4.63. The number of hydrogen-bond donors (Lipinski definition) is 0. The lowest BCUT2D eigenvalue weighted by Crippen LogP contribution is -2.08. The molecule has 5 heteroatoms. The van der Waals surface area contributed by atoms with Crippen LogP contribution < -0.4 is 0 Å². The van der Waals surface area contributed by atoms with Crippen LogP contribution in [0.4, 0.5) is 0 Å². The number of halogens is 1. The van der Waals surface area contributed by atoms with Crippen LogP contribution in [0.3, 0.4) is 0 Å². The number of carbonyl (C=O) groups excluding carboxylic acids is 1. The van der Waals surface area contributed by atoms with E-state index in [0.717, 1.165) is 41.4 Å². The van der Waals surface area contributed by atoms with Crippen LogP contribution in [0.5, 0.6) is 0 Å². The average Bonchev–Trinajstić information content (AvgIpc) is 2.82. The highest BCUT2D eigenvalue weighted by molar-refractivity contribution is 8.00. The Morgan fingerprint density at radius 2 is 2.04 bits per heavy atom. The minimum atomic E-state index is 0.140. The Balaban J connectivity index is 2.05. The van der Waals surface area contributed by atoms with Gasteiger partial charge in [0.2, 0.25) is 0 Å². The summed E-state index contributed by atoms with van der Waals surface area (Å²) in [6.45, 7) is 5.64. The van der Waals surface area contributed by atoms with Crippen LogP contribution in [0.25, 0.3) is 0 Å². The second-order valence-electron chi connectivity index (χ2n) is 5.43. The maximum absolute atomic E-state index is 12.5. The van der Waals surface area contributed by atoms with Gasteiger partial charge in [-0.05, 0) is 38.5 Å². The lowest BCUT2D eigenvalue weighted by molar-refractivity contribution is 0.102. The van der Waals surface area contributed by atoms with Crippen molar-refractivity contribution in [3.63, 3.8) is 0 Å². The maximum atomic E-state index is 12.5. The molecule has 0 atom stereocenters. The Labute approximate surface area is 147 Å². The average molecular weight is 352 g/mol. The predicted molar refractivity (Wildman–Crippen MR) is 96.9 cm³/mol. The molecule has 2 rings (SSSR count). The smallest absolute Gasteiger partial charge is 0.174 e. The number of hydrogen-bond acceptors (Lipinski definition) is 3. The SMILES string of the molecule is COCCCn1c(C)cc(C(=O)CSc2ccccc2Cl)c1C. The summed E-state index contributed by atoms with van der Waals surface area (Å²) in [7, 11) is 1.70. The van der Waals surface area contributed by atoms with Crippen LogP contribution in [0.1, 0.15) is 28.2 Å². The molecule has 0 aliphatic rings. The molecule has 0 amide bonds. The summed E-state index contributed by atoms with van der Waals surface area (Å²) in [5.74, 6) is 0.535. The number of aryl methyl sites for hydroxylation is 1. The van der Waals surface area contributed by atoms with Gasteiger partial charge >= 0.3 is 0 Å². The molecule has 1 aromatic heterocycles. The van der Waals surface area contributed by atoms with E-state index >= 15 is 0 Å². The van der Waals surface area contributed by atoms with Crippen LogP contribution >= 0.6 is 23.4 Å². The van der Waals surface area contributed by atoms with Crippen molar-refractivity contribution in [3.05, 3.63) is 52.3 Å². The zero-order valence-corrected chi connectivity index (χ0v) is 15.3. The summed E-state index contributed by atoms with van der Waals surface area (Å²) in [5, 5.41) is 0.690. The molecule has 3 nitrogen and oxygen atoms in total. The van der Waals surface area contributed by atoms with Crippen LogP contribution in [-0.4, -0.2) is 29.8 Å². The summed E-state index contributed by atoms with van der Waals surface area (Å²) in [6, 6.07) is 9.59. The van der Waals surface area contributed by atoms with Gasteiger partial charge in [0.1, 0.15) is 0 Å². The van der Waals surface area contributed by atoms with E-state index < -0.39 is 0 Å². The summed E-state index contributed by atoms with van der Waals surface area (Å²) in [6.07, 6.45) is 0.939. The molecule has 0 radical (unpaired) electrons. The monoisotopic (exact) mass is 351 g/mol. The van der Waals surface area contributed by atoms with Gasteiger partial charge in [-0.25, -0.2) is 0 Å². The van der Waals surface area contributed by atoms with E-state index in [2.05, 4.69) is 4.57 Å². The summed E-state index contributed by atoms with van der Waals surface area (Å²) in [5.41, 5.74) is 2.95. The first-order valence-electron chi connectivity index (χ1n) is 7.60. The van der Waals surface area contributed by atoms with Crippen molar-refractivity contribution >= 4 is 29.1 Å². The van der Waals surface area contributed by atoms with Gasteiger partial charge in [0.15, 0.2) is 5.78 Å². The lowest BCUT2D eigenvalue weighted by Gasteiger charge is -2.09. The Morgan fingerprint density at radius 3 is 2.74 bits per heavy atom. The zero-order valence-electron chi connectivity index (χ0n) is 13.8. The number of ketones is 1. The van der Waals surface area contributed by atoms with E-state index in [-0.39, 0.29) is 5.78 Å². The van der Waals surface area contributed by atoms with Gasteiger partial charge in [0.05, 0.1) is 10.8 Å². The molecule has 2 aromatic rings. The van der Waals surface area contributed by atoms with Crippen molar-refractivity contribution in [2.75, 3.05) is 19.5 Å². The fourth-order valence-corrected chi connectivity index (χ4v) is 3.70. The van der Waals surface area contributed by atoms with Crippen molar-refractivity contribution in [1.29, 1.82) is 0 Å². The highest BCUT2D eigenvalue weighted by Crippen LogP contribution is 2.28. The maximum Gasteiger partial charge on any atom is 0.174 e. The number of carbonyl (C=O) groups is 1. The van der Waals surface area contributed by atoms with Gasteiger partial charge in [-0.2, -0.15) is 0 Å². The highest BCUT2D eigenvalue weighted by atomic mass is 35.5. The number of Topliss-reactive ketones (excluding diaryl/α,β-unsaturated/α-hetero) is 1. The normalized spacial score (nSPS) is 11.0. The van der Waals surface area contributed by atoms with Crippen molar-refractivity contribution in [3.8, 4) is 0 Å². The number of rotatable bonds is 8. The van der Waals surface area contributed by atoms with Crippen LogP contribution in [0, 0.1) is 13.8 Å². The summed E-state index contributed by atoms with van der Waals surface area (Å²) in [4.78, 5) is 13.5.